The van der Waals surface area contributed by atoms with Gasteiger partial charge in [-0.05, 0) is 62.9 Å². The van der Waals surface area contributed by atoms with E-state index in [1.807, 2.05) is 37.3 Å². The van der Waals surface area contributed by atoms with Crippen LogP contribution in [0.1, 0.15) is 41.7 Å². The minimum atomic E-state index is -0.140. The lowest BCUT2D eigenvalue weighted by atomic mass is 9.92. The summed E-state index contributed by atoms with van der Waals surface area (Å²) in [5, 5.41) is 7.41. The second-order valence-corrected chi connectivity index (χ2v) is 9.38. The summed E-state index contributed by atoms with van der Waals surface area (Å²) < 4.78 is 0. The molecule has 3 N–H and O–H groups in total. The standard InChI is InChI=1S/C27H31N5O2/c1-18-6-7-22-20(16-18)17-25(29-22)27(34)31-24-5-3-2-4-23(24)30-26(33)19-10-14-32(15-11-19)21-8-12-28-13-9-21/h2-3,6-9,12-13,16-17,19,23-24,29H,4-5,10-11,14-15H2,1H3,(H,30,33)(H,31,34)/t23-,24+/m1/s1. The van der Waals surface area contributed by atoms with Gasteiger partial charge in [-0.25, -0.2) is 0 Å². The fourth-order valence-electron chi connectivity index (χ4n) is 5.01. The summed E-state index contributed by atoms with van der Waals surface area (Å²) >= 11 is 0. The molecule has 1 aliphatic heterocycles. The Hall–Kier alpha value is -3.61. The van der Waals surface area contributed by atoms with Gasteiger partial charge in [-0.15, -0.1) is 0 Å². The van der Waals surface area contributed by atoms with Crippen molar-refractivity contribution in [2.24, 2.45) is 5.92 Å². The average molecular weight is 458 g/mol. The van der Waals surface area contributed by atoms with E-state index in [9.17, 15) is 9.59 Å². The molecule has 3 aromatic rings. The minimum absolute atomic E-state index is 0.00251. The molecule has 1 fully saturated rings. The lowest BCUT2D eigenvalue weighted by Crippen LogP contribution is -2.54. The molecule has 7 heteroatoms. The van der Waals surface area contributed by atoms with E-state index < -0.39 is 0 Å². The fourth-order valence-corrected chi connectivity index (χ4v) is 5.01. The Morgan fingerprint density at radius 2 is 1.68 bits per heavy atom. The maximum Gasteiger partial charge on any atom is 0.268 e. The van der Waals surface area contributed by atoms with Crippen molar-refractivity contribution in [1.29, 1.82) is 0 Å². The van der Waals surface area contributed by atoms with Gasteiger partial charge >= 0.3 is 0 Å². The highest BCUT2D eigenvalue weighted by molar-refractivity contribution is 5.98. The molecule has 2 atom stereocenters. The zero-order valence-electron chi connectivity index (χ0n) is 19.5. The molecule has 0 spiro atoms. The number of hydrogen-bond acceptors (Lipinski definition) is 4. The molecule has 7 nitrogen and oxygen atoms in total. The number of carbonyl (C=O) groups is 2. The average Bonchev–Trinajstić information content (AvgIpc) is 3.29. The zero-order valence-corrected chi connectivity index (χ0v) is 19.5. The van der Waals surface area contributed by atoms with Gasteiger partial charge in [0.2, 0.25) is 5.91 Å². The number of aromatic amines is 1. The van der Waals surface area contributed by atoms with Crippen molar-refractivity contribution in [3.05, 3.63) is 72.2 Å². The van der Waals surface area contributed by atoms with Crippen LogP contribution in [0.25, 0.3) is 10.9 Å². The monoisotopic (exact) mass is 457 g/mol. The first-order valence-electron chi connectivity index (χ1n) is 12.1. The molecule has 5 rings (SSSR count). The Morgan fingerprint density at radius 3 is 2.41 bits per heavy atom. The van der Waals surface area contributed by atoms with Gasteiger partial charge in [0, 0.05) is 48.0 Å². The van der Waals surface area contributed by atoms with Crippen molar-refractivity contribution >= 4 is 28.4 Å². The maximum atomic E-state index is 13.1. The van der Waals surface area contributed by atoms with Crippen LogP contribution in [-0.4, -0.2) is 47.0 Å². The number of nitrogens with zero attached hydrogens (tertiary/aromatic N) is 2. The van der Waals surface area contributed by atoms with Gasteiger partial charge in [0.1, 0.15) is 5.69 Å². The third kappa shape index (κ3) is 4.83. The van der Waals surface area contributed by atoms with Crippen LogP contribution in [0.2, 0.25) is 0 Å². The first-order valence-corrected chi connectivity index (χ1v) is 12.1. The van der Waals surface area contributed by atoms with E-state index in [0.717, 1.165) is 54.5 Å². The fraction of sp³-hybridized carbons (Fsp3) is 0.370. The number of rotatable bonds is 5. The number of nitrogens with one attached hydrogen (secondary N) is 3. The molecule has 2 amide bonds. The molecule has 0 bridgehead atoms. The number of anilines is 1. The first kappa shape index (κ1) is 22.2. The van der Waals surface area contributed by atoms with Crippen LogP contribution >= 0.6 is 0 Å². The van der Waals surface area contributed by atoms with Crippen molar-refractivity contribution in [3.63, 3.8) is 0 Å². The van der Waals surface area contributed by atoms with Gasteiger partial charge in [-0.1, -0.05) is 23.8 Å². The van der Waals surface area contributed by atoms with Crippen LogP contribution < -0.4 is 15.5 Å². The number of aromatic nitrogens is 2. The van der Waals surface area contributed by atoms with Crippen LogP contribution in [-0.2, 0) is 4.79 Å². The van der Waals surface area contributed by atoms with Crippen molar-refractivity contribution in [1.82, 2.24) is 20.6 Å². The van der Waals surface area contributed by atoms with Crippen molar-refractivity contribution in [2.75, 3.05) is 18.0 Å². The lowest BCUT2D eigenvalue weighted by molar-refractivity contribution is -0.126. The summed E-state index contributed by atoms with van der Waals surface area (Å²) in [7, 11) is 0. The van der Waals surface area contributed by atoms with Gasteiger partial charge in [-0.2, -0.15) is 0 Å². The molecule has 1 aromatic carbocycles. The largest absolute Gasteiger partial charge is 0.371 e. The van der Waals surface area contributed by atoms with Crippen molar-refractivity contribution in [3.8, 4) is 0 Å². The molecular formula is C27H31N5O2. The predicted octanol–water partition coefficient (Wildman–Crippen LogP) is 3.72. The van der Waals surface area contributed by atoms with Crippen molar-refractivity contribution < 1.29 is 9.59 Å². The molecular weight excluding hydrogens is 426 g/mol. The SMILES string of the molecule is Cc1ccc2[nH]c(C(=O)N[C@H]3CC=CC[C@H]3NC(=O)C3CCN(c4ccncc4)CC3)cc2c1. The van der Waals surface area contributed by atoms with Gasteiger partial charge in [-0.3, -0.25) is 14.6 Å². The minimum Gasteiger partial charge on any atom is -0.371 e. The van der Waals surface area contributed by atoms with Crippen LogP contribution in [0.3, 0.4) is 0 Å². The molecule has 0 unspecified atom stereocenters. The third-order valence-corrected chi connectivity index (χ3v) is 6.99. The Labute approximate surface area is 199 Å². The van der Waals surface area contributed by atoms with E-state index in [4.69, 9.17) is 0 Å². The number of benzene rings is 1. The number of hydrogen-bond donors (Lipinski definition) is 3. The number of carbonyl (C=O) groups excluding carboxylic acids is 2. The molecule has 34 heavy (non-hydrogen) atoms. The van der Waals surface area contributed by atoms with E-state index in [-0.39, 0.29) is 29.8 Å². The van der Waals surface area contributed by atoms with E-state index in [0.29, 0.717) is 12.1 Å². The molecule has 3 heterocycles. The molecule has 2 aliphatic rings. The van der Waals surface area contributed by atoms with Crippen LogP contribution in [0.4, 0.5) is 5.69 Å². The summed E-state index contributed by atoms with van der Waals surface area (Å²) in [6, 6.07) is 11.8. The number of aryl methyl sites for hydroxylation is 1. The molecule has 176 valence electrons. The number of amides is 2. The molecule has 2 aromatic heterocycles. The molecule has 0 radical (unpaired) electrons. The van der Waals surface area contributed by atoms with Crippen LogP contribution in [0.15, 0.2) is 60.9 Å². The van der Waals surface area contributed by atoms with E-state index in [1.165, 1.54) is 0 Å². The summed E-state index contributed by atoms with van der Waals surface area (Å²) in [5.74, 6) is -0.0497. The Bertz CT molecular complexity index is 1190. The second-order valence-electron chi connectivity index (χ2n) is 9.38. The van der Waals surface area contributed by atoms with Crippen molar-refractivity contribution in [2.45, 2.75) is 44.7 Å². The predicted molar refractivity (Wildman–Crippen MR) is 134 cm³/mol. The van der Waals surface area contributed by atoms with E-state index >= 15 is 0 Å². The highest BCUT2D eigenvalue weighted by Gasteiger charge is 2.30. The number of fused-ring (bicyclic) bond motifs is 1. The molecule has 1 saturated heterocycles. The van der Waals surface area contributed by atoms with Crippen LogP contribution in [0, 0.1) is 12.8 Å². The third-order valence-electron chi connectivity index (χ3n) is 6.99. The first-order chi connectivity index (χ1) is 16.6. The second kappa shape index (κ2) is 9.71. The summed E-state index contributed by atoms with van der Waals surface area (Å²) in [6.45, 7) is 3.75. The van der Waals surface area contributed by atoms with E-state index in [2.05, 4.69) is 43.7 Å². The van der Waals surface area contributed by atoms with Gasteiger partial charge in [0.05, 0.1) is 12.1 Å². The van der Waals surface area contributed by atoms with E-state index in [1.54, 1.807) is 12.4 Å². The summed E-state index contributed by atoms with van der Waals surface area (Å²) in [4.78, 5) is 35.7. The number of pyridine rings is 1. The topological polar surface area (TPSA) is 90.1 Å². The maximum absolute atomic E-state index is 13.1. The zero-order chi connectivity index (χ0) is 23.5. The van der Waals surface area contributed by atoms with Crippen LogP contribution in [0.5, 0.6) is 0 Å². The van der Waals surface area contributed by atoms with Gasteiger partial charge in [0.25, 0.3) is 5.91 Å². The van der Waals surface area contributed by atoms with Gasteiger partial charge in [0.15, 0.2) is 0 Å². The Morgan fingerprint density at radius 1 is 0.971 bits per heavy atom. The number of piperidine rings is 1. The summed E-state index contributed by atoms with van der Waals surface area (Å²) in [6.07, 6.45) is 10.8. The quantitative estimate of drug-likeness (QED) is 0.510. The smallest absolute Gasteiger partial charge is 0.268 e. The normalized spacial score (nSPS) is 20.9. The number of H-pyrrole nitrogens is 1. The highest BCUT2D eigenvalue weighted by atomic mass is 16.2. The van der Waals surface area contributed by atoms with Gasteiger partial charge < -0.3 is 20.5 Å². The lowest BCUT2D eigenvalue weighted by Gasteiger charge is -2.35. The molecule has 1 aliphatic carbocycles. The highest BCUT2D eigenvalue weighted by Crippen LogP contribution is 2.24. The Kier molecular flexibility index (Phi) is 6.34. The molecule has 0 saturated carbocycles. The summed E-state index contributed by atoms with van der Waals surface area (Å²) in [5.41, 5.74) is 3.80. The Balaban J connectivity index is 1.19.